The molecule has 1 aromatic heterocycles. The van der Waals surface area contributed by atoms with Crippen molar-refractivity contribution in [2.45, 2.75) is 70.8 Å². The second-order valence-corrected chi connectivity index (χ2v) is 7.94. The second kappa shape index (κ2) is 8.04. The van der Waals surface area contributed by atoms with Crippen molar-refractivity contribution in [2.75, 3.05) is 12.8 Å². The number of hydrogen-bond donors (Lipinski definition) is 0. The number of aromatic nitrogens is 2. The van der Waals surface area contributed by atoms with Gasteiger partial charge in [-0.2, -0.15) is 16.7 Å². The third-order valence-electron chi connectivity index (χ3n) is 4.38. The standard InChI is InChI=1S/C16H28N4O2S/c1-6-23-13(4)15-17-14(22-18-15)10-19(5)16(21)20-11(2)8-7-9-12(20)3/h11-13H,6-10H2,1-5H3/t11-,12-,13+/m0/s1. The summed E-state index contributed by atoms with van der Waals surface area (Å²) in [4.78, 5) is 20.8. The van der Waals surface area contributed by atoms with E-state index in [2.05, 4.69) is 37.8 Å². The minimum atomic E-state index is 0.0421. The second-order valence-electron chi connectivity index (χ2n) is 6.32. The molecule has 7 heteroatoms. The Morgan fingerprint density at radius 2 is 2.09 bits per heavy atom. The number of amides is 2. The van der Waals surface area contributed by atoms with E-state index in [1.54, 1.807) is 23.7 Å². The fourth-order valence-electron chi connectivity index (χ4n) is 3.09. The van der Waals surface area contributed by atoms with Gasteiger partial charge in [-0.25, -0.2) is 4.79 Å². The predicted molar refractivity (Wildman–Crippen MR) is 92.3 cm³/mol. The average Bonchev–Trinajstić information content (AvgIpc) is 2.95. The van der Waals surface area contributed by atoms with Crippen LogP contribution in [0.4, 0.5) is 4.79 Å². The van der Waals surface area contributed by atoms with E-state index in [4.69, 9.17) is 4.52 Å². The summed E-state index contributed by atoms with van der Waals surface area (Å²) >= 11 is 1.77. The molecular weight excluding hydrogens is 312 g/mol. The van der Waals surface area contributed by atoms with Gasteiger partial charge in [-0.1, -0.05) is 12.1 Å². The number of thioether (sulfide) groups is 1. The molecule has 0 radical (unpaired) electrons. The normalized spacial score (nSPS) is 22.9. The maximum atomic E-state index is 12.7. The van der Waals surface area contributed by atoms with Crippen LogP contribution in [0.5, 0.6) is 0 Å². The topological polar surface area (TPSA) is 62.5 Å². The molecule has 2 rings (SSSR count). The Morgan fingerprint density at radius 3 is 2.70 bits per heavy atom. The summed E-state index contributed by atoms with van der Waals surface area (Å²) in [7, 11) is 1.80. The van der Waals surface area contributed by atoms with E-state index in [0.29, 0.717) is 18.3 Å². The number of piperidine rings is 1. The molecule has 1 aliphatic rings. The van der Waals surface area contributed by atoms with Gasteiger partial charge in [0.05, 0.1) is 5.25 Å². The van der Waals surface area contributed by atoms with Crippen molar-refractivity contribution in [3.05, 3.63) is 11.7 Å². The van der Waals surface area contributed by atoms with Crippen molar-refractivity contribution in [3.8, 4) is 0 Å². The van der Waals surface area contributed by atoms with Gasteiger partial charge in [-0.05, 0) is 45.8 Å². The predicted octanol–water partition coefficient (Wildman–Crippen LogP) is 3.70. The highest BCUT2D eigenvalue weighted by Gasteiger charge is 2.31. The molecule has 2 heterocycles. The summed E-state index contributed by atoms with van der Waals surface area (Å²) in [5, 5.41) is 4.24. The Hall–Kier alpha value is -1.24. The fraction of sp³-hybridized carbons (Fsp3) is 0.812. The van der Waals surface area contributed by atoms with E-state index in [9.17, 15) is 4.79 Å². The van der Waals surface area contributed by atoms with Crippen LogP contribution >= 0.6 is 11.8 Å². The molecule has 0 saturated carbocycles. The molecule has 1 aliphatic heterocycles. The molecule has 0 bridgehead atoms. The van der Waals surface area contributed by atoms with Crippen LogP contribution in [0.3, 0.4) is 0 Å². The molecule has 1 saturated heterocycles. The quantitative estimate of drug-likeness (QED) is 0.818. The highest BCUT2D eigenvalue weighted by molar-refractivity contribution is 7.99. The Labute approximate surface area is 143 Å². The van der Waals surface area contributed by atoms with Crippen molar-refractivity contribution < 1.29 is 9.32 Å². The molecular formula is C16H28N4O2S. The summed E-state index contributed by atoms with van der Waals surface area (Å²) in [6.45, 7) is 8.77. The SMILES string of the molecule is CCS[C@H](C)c1noc(CN(C)C(=O)N2[C@@H](C)CCC[C@@H]2C)n1. The summed E-state index contributed by atoms with van der Waals surface area (Å²) in [5.41, 5.74) is 0. The third kappa shape index (κ3) is 4.40. The molecule has 0 aliphatic carbocycles. The molecule has 130 valence electrons. The molecule has 0 N–H and O–H groups in total. The number of likely N-dealkylation sites (tertiary alicyclic amines) is 1. The summed E-state index contributed by atoms with van der Waals surface area (Å²) in [5.74, 6) is 2.21. The van der Waals surface area contributed by atoms with Crippen LogP contribution in [0.15, 0.2) is 4.52 Å². The lowest BCUT2D eigenvalue weighted by molar-refractivity contribution is 0.0942. The highest BCUT2D eigenvalue weighted by atomic mass is 32.2. The Morgan fingerprint density at radius 1 is 1.43 bits per heavy atom. The van der Waals surface area contributed by atoms with E-state index in [1.165, 1.54) is 6.42 Å². The third-order valence-corrected chi connectivity index (χ3v) is 5.42. The number of carbonyl (C=O) groups excluding carboxylic acids is 1. The summed E-state index contributed by atoms with van der Waals surface area (Å²) < 4.78 is 5.31. The summed E-state index contributed by atoms with van der Waals surface area (Å²) in [6.07, 6.45) is 3.33. The molecule has 0 aromatic carbocycles. The van der Waals surface area contributed by atoms with Gasteiger partial charge in [0, 0.05) is 19.1 Å². The lowest BCUT2D eigenvalue weighted by Crippen LogP contribution is -2.52. The van der Waals surface area contributed by atoms with E-state index >= 15 is 0 Å². The number of urea groups is 1. The van der Waals surface area contributed by atoms with Crippen molar-refractivity contribution in [1.29, 1.82) is 0 Å². The van der Waals surface area contributed by atoms with Crippen molar-refractivity contribution in [2.24, 2.45) is 0 Å². The van der Waals surface area contributed by atoms with Gasteiger partial charge in [0.1, 0.15) is 6.54 Å². The zero-order valence-corrected chi connectivity index (χ0v) is 15.6. The molecule has 2 amide bonds. The first kappa shape index (κ1) is 18.1. The zero-order valence-electron chi connectivity index (χ0n) is 14.8. The Kier molecular flexibility index (Phi) is 6.33. The lowest BCUT2D eigenvalue weighted by Gasteiger charge is -2.40. The maximum Gasteiger partial charge on any atom is 0.320 e. The van der Waals surface area contributed by atoms with Gasteiger partial charge in [-0.3, -0.25) is 0 Å². The van der Waals surface area contributed by atoms with Crippen LogP contribution in [-0.4, -0.2) is 50.9 Å². The number of rotatable bonds is 5. The monoisotopic (exact) mass is 340 g/mol. The van der Waals surface area contributed by atoms with E-state index in [-0.39, 0.29) is 23.4 Å². The van der Waals surface area contributed by atoms with Crippen LogP contribution in [0, 0.1) is 0 Å². The molecule has 1 fully saturated rings. The van der Waals surface area contributed by atoms with Crippen molar-refractivity contribution in [1.82, 2.24) is 19.9 Å². The van der Waals surface area contributed by atoms with Crippen LogP contribution in [-0.2, 0) is 6.54 Å². The molecule has 23 heavy (non-hydrogen) atoms. The number of hydrogen-bond acceptors (Lipinski definition) is 5. The maximum absolute atomic E-state index is 12.7. The minimum absolute atomic E-state index is 0.0421. The minimum Gasteiger partial charge on any atom is -0.337 e. The van der Waals surface area contributed by atoms with Crippen molar-refractivity contribution >= 4 is 17.8 Å². The molecule has 1 aromatic rings. The largest absolute Gasteiger partial charge is 0.337 e. The van der Waals surface area contributed by atoms with Crippen LogP contribution in [0.2, 0.25) is 0 Å². The zero-order chi connectivity index (χ0) is 17.0. The van der Waals surface area contributed by atoms with E-state index in [1.807, 2.05) is 4.90 Å². The van der Waals surface area contributed by atoms with Crippen LogP contribution in [0.1, 0.15) is 63.9 Å². The van der Waals surface area contributed by atoms with Crippen LogP contribution in [0.25, 0.3) is 0 Å². The van der Waals surface area contributed by atoms with Crippen LogP contribution < -0.4 is 0 Å². The van der Waals surface area contributed by atoms with Gasteiger partial charge >= 0.3 is 6.03 Å². The first-order chi connectivity index (χ1) is 10.9. The Bertz CT molecular complexity index is 512. The first-order valence-corrected chi connectivity index (χ1v) is 9.46. The van der Waals surface area contributed by atoms with Crippen molar-refractivity contribution in [3.63, 3.8) is 0 Å². The molecule has 0 spiro atoms. The summed E-state index contributed by atoms with van der Waals surface area (Å²) in [6, 6.07) is 0.612. The smallest absolute Gasteiger partial charge is 0.320 e. The molecule has 0 unspecified atom stereocenters. The van der Waals surface area contributed by atoms with Gasteiger partial charge in [-0.15, -0.1) is 0 Å². The average molecular weight is 340 g/mol. The first-order valence-electron chi connectivity index (χ1n) is 8.41. The van der Waals surface area contributed by atoms with Gasteiger partial charge in [0.15, 0.2) is 5.82 Å². The lowest BCUT2D eigenvalue weighted by atomic mass is 9.98. The van der Waals surface area contributed by atoms with Gasteiger partial charge < -0.3 is 14.3 Å². The molecule has 6 nitrogen and oxygen atoms in total. The van der Waals surface area contributed by atoms with E-state index < -0.39 is 0 Å². The van der Waals surface area contributed by atoms with Gasteiger partial charge in [0.2, 0.25) is 5.89 Å². The number of nitrogens with zero attached hydrogens (tertiary/aromatic N) is 4. The molecule has 3 atom stereocenters. The Balaban J connectivity index is 1.98. The fourth-order valence-corrected chi connectivity index (χ4v) is 3.83. The highest BCUT2D eigenvalue weighted by Crippen LogP contribution is 2.26. The van der Waals surface area contributed by atoms with Gasteiger partial charge in [0.25, 0.3) is 0 Å². The number of carbonyl (C=O) groups is 1. The van der Waals surface area contributed by atoms with E-state index in [0.717, 1.165) is 18.6 Å².